The SMILES string of the molecule is CCc1cc(=O)c2cc(NC(=O)CCS(=O)(=O)c3ccc4c(c3)OCCO4)ccc2[nH]1. The first-order valence-electron chi connectivity index (χ1n) is 9.94. The molecule has 31 heavy (non-hydrogen) atoms. The van der Waals surface area contributed by atoms with E-state index < -0.39 is 15.7 Å². The van der Waals surface area contributed by atoms with Gasteiger partial charge in [-0.05, 0) is 36.8 Å². The second-order valence-electron chi connectivity index (χ2n) is 7.20. The number of ether oxygens (including phenoxy) is 2. The van der Waals surface area contributed by atoms with Gasteiger partial charge in [0.1, 0.15) is 13.2 Å². The van der Waals surface area contributed by atoms with Gasteiger partial charge >= 0.3 is 0 Å². The van der Waals surface area contributed by atoms with Crippen LogP contribution in [0.4, 0.5) is 5.69 Å². The summed E-state index contributed by atoms with van der Waals surface area (Å²) >= 11 is 0. The second-order valence-corrected chi connectivity index (χ2v) is 9.30. The summed E-state index contributed by atoms with van der Waals surface area (Å²) in [5.74, 6) is 0.0683. The minimum atomic E-state index is -3.68. The molecule has 1 aliphatic rings. The lowest BCUT2D eigenvalue weighted by atomic mass is 10.1. The van der Waals surface area contributed by atoms with Gasteiger partial charge in [0, 0.05) is 40.8 Å². The predicted molar refractivity (Wildman–Crippen MR) is 117 cm³/mol. The van der Waals surface area contributed by atoms with Crippen molar-refractivity contribution < 1.29 is 22.7 Å². The molecule has 8 nitrogen and oxygen atoms in total. The first-order valence-corrected chi connectivity index (χ1v) is 11.6. The molecule has 2 heterocycles. The van der Waals surface area contributed by atoms with Gasteiger partial charge in [0.15, 0.2) is 26.8 Å². The van der Waals surface area contributed by atoms with Crippen molar-refractivity contribution in [2.45, 2.75) is 24.7 Å². The first kappa shape index (κ1) is 20.9. The molecule has 2 aromatic carbocycles. The zero-order chi connectivity index (χ0) is 22.0. The van der Waals surface area contributed by atoms with Crippen LogP contribution in [-0.2, 0) is 21.1 Å². The molecule has 2 N–H and O–H groups in total. The third kappa shape index (κ3) is 4.56. The van der Waals surface area contributed by atoms with Crippen LogP contribution >= 0.6 is 0 Å². The molecule has 0 radical (unpaired) electrons. The molecule has 1 amide bonds. The average Bonchev–Trinajstić information content (AvgIpc) is 2.77. The standard InChI is InChI=1S/C22H22N2O6S/c1-2-14-12-19(25)17-11-15(3-5-18(17)23-14)24-22(26)7-10-31(27,28)16-4-6-20-21(13-16)30-9-8-29-20/h3-6,11-13H,2,7-10H2,1H3,(H,23,25)(H,24,26). The molecule has 0 unspecified atom stereocenters. The highest BCUT2D eigenvalue weighted by Gasteiger charge is 2.20. The molecule has 0 bridgehead atoms. The van der Waals surface area contributed by atoms with E-state index in [1.807, 2.05) is 6.92 Å². The first-order chi connectivity index (χ1) is 14.9. The van der Waals surface area contributed by atoms with Crippen molar-refractivity contribution in [1.29, 1.82) is 0 Å². The molecular weight excluding hydrogens is 420 g/mol. The van der Waals surface area contributed by atoms with Crippen LogP contribution in [0.25, 0.3) is 10.9 Å². The minimum Gasteiger partial charge on any atom is -0.486 e. The number of carbonyl (C=O) groups is 1. The quantitative estimate of drug-likeness (QED) is 0.607. The molecule has 0 aliphatic carbocycles. The molecule has 9 heteroatoms. The molecule has 0 fully saturated rings. The third-order valence-electron chi connectivity index (χ3n) is 5.02. The summed E-state index contributed by atoms with van der Waals surface area (Å²) in [5.41, 5.74) is 1.81. The summed E-state index contributed by atoms with van der Waals surface area (Å²) in [6.07, 6.45) is 0.488. The number of benzene rings is 2. The number of fused-ring (bicyclic) bond motifs is 2. The van der Waals surface area contributed by atoms with Gasteiger partial charge in [0.05, 0.1) is 10.6 Å². The van der Waals surface area contributed by atoms with Crippen molar-refractivity contribution in [3.05, 3.63) is 58.4 Å². The zero-order valence-corrected chi connectivity index (χ0v) is 17.8. The van der Waals surface area contributed by atoms with Crippen molar-refractivity contribution in [3.8, 4) is 11.5 Å². The highest BCUT2D eigenvalue weighted by molar-refractivity contribution is 7.91. The lowest BCUT2D eigenvalue weighted by Crippen LogP contribution is -2.18. The molecule has 4 rings (SSSR count). The zero-order valence-electron chi connectivity index (χ0n) is 16.9. The lowest BCUT2D eigenvalue weighted by molar-refractivity contribution is -0.115. The highest BCUT2D eigenvalue weighted by atomic mass is 32.2. The second kappa shape index (κ2) is 8.43. The number of pyridine rings is 1. The molecule has 1 aliphatic heterocycles. The Morgan fingerprint density at radius 2 is 1.84 bits per heavy atom. The molecule has 0 saturated carbocycles. The summed E-state index contributed by atoms with van der Waals surface area (Å²) in [6, 6.07) is 10.9. The summed E-state index contributed by atoms with van der Waals surface area (Å²) in [5, 5.41) is 3.12. The maximum Gasteiger partial charge on any atom is 0.225 e. The van der Waals surface area contributed by atoms with Crippen LogP contribution in [0.1, 0.15) is 19.0 Å². The van der Waals surface area contributed by atoms with Crippen LogP contribution < -0.4 is 20.2 Å². The fourth-order valence-electron chi connectivity index (χ4n) is 3.36. The van der Waals surface area contributed by atoms with Gasteiger partial charge < -0.3 is 19.8 Å². The minimum absolute atomic E-state index is 0.0773. The van der Waals surface area contributed by atoms with Crippen molar-refractivity contribution in [3.63, 3.8) is 0 Å². The number of aryl methyl sites for hydroxylation is 1. The number of carbonyl (C=O) groups excluding carboxylic acids is 1. The van der Waals surface area contributed by atoms with E-state index >= 15 is 0 Å². The Labute approximate surface area is 179 Å². The van der Waals surface area contributed by atoms with E-state index in [0.717, 1.165) is 5.69 Å². The van der Waals surface area contributed by atoms with Crippen LogP contribution in [-0.4, -0.2) is 38.3 Å². The number of H-pyrrole nitrogens is 1. The summed E-state index contributed by atoms with van der Waals surface area (Å²) < 4.78 is 36.1. The van der Waals surface area contributed by atoms with E-state index in [0.29, 0.717) is 47.7 Å². The Kier molecular flexibility index (Phi) is 5.69. The number of nitrogens with one attached hydrogen (secondary N) is 2. The van der Waals surface area contributed by atoms with Crippen molar-refractivity contribution in [2.75, 3.05) is 24.3 Å². The van der Waals surface area contributed by atoms with E-state index in [1.54, 1.807) is 24.3 Å². The van der Waals surface area contributed by atoms with Crippen LogP contribution in [0.3, 0.4) is 0 Å². The summed E-state index contributed by atoms with van der Waals surface area (Å²) in [6.45, 7) is 2.72. The number of amides is 1. The number of sulfone groups is 1. The van der Waals surface area contributed by atoms with Crippen molar-refractivity contribution in [2.24, 2.45) is 0 Å². The fourth-order valence-corrected chi connectivity index (χ4v) is 4.61. The normalized spacial score (nSPS) is 13.2. The number of hydrogen-bond acceptors (Lipinski definition) is 6. The molecule has 0 atom stereocenters. The van der Waals surface area contributed by atoms with Gasteiger partial charge in [-0.1, -0.05) is 6.92 Å². The monoisotopic (exact) mass is 442 g/mol. The molecule has 162 valence electrons. The maximum absolute atomic E-state index is 12.6. The van der Waals surface area contributed by atoms with E-state index in [-0.39, 0.29) is 22.5 Å². The Morgan fingerprint density at radius 1 is 1.06 bits per heavy atom. The average molecular weight is 442 g/mol. The van der Waals surface area contributed by atoms with E-state index in [2.05, 4.69) is 10.3 Å². The Balaban J connectivity index is 1.44. The van der Waals surface area contributed by atoms with Crippen molar-refractivity contribution >= 4 is 32.3 Å². The van der Waals surface area contributed by atoms with Gasteiger partial charge in [-0.3, -0.25) is 9.59 Å². The number of aromatic nitrogens is 1. The van der Waals surface area contributed by atoms with Crippen molar-refractivity contribution in [1.82, 2.24) is 4.98 Å². The van der Waals surface area contributed by atoms with Crippen LogP contribution in [0.2, 0.25) is 0 Å². The Hall–Kier alpha value is -3.33. The van der Waals surface area contributed by atoms with Gasteiger partial charge in [-0.25, -0.2) is 8.42 Å². The number of aromatic amines is 1. The Morgan fingerprint density at radius 3 is 2.61 bits per heavy atom. The van der Waals surface area contributed by atoms with Gasteiger partial charge in [-0.15, -0.1) is 0 Å². The molecule has 0 saturated heterocycles. The van der Waals surface area contributed by atoms with Crippen LogP contribution in [0.15, 0.2) is 52.2 Å². The fraction of sp³-hybridized carbons (Fsp3) is 0.273. The van der Waals surface area contributed by atoms with Gasteiger partial charge in [0.25, 0.3) is 0 Å². The van der Waals surface area contributed by atoms with E-state index in [4.69, 9.17) is 9.47 Å². The third-order valence-corrected chi connectivity index (χ3v) is 6.73. The maximum atomic E-state index is 12.6. The van der Waals surface area contributed by atoms with E-state index in [9.17, 15) is 18.0 Å². The molecule has 0 spiro atoms. The number of hydrogen-bond donors (Lipinski definition) is 2. The van der Waals surface area contributed by atoms with E-state index in [1.165, 1.54) is 18.2 Å². The largest absolute Gasteiger partial charge is 0.486 e. The van der Waals surface area contributed by atoms with Crippen LogP contribution in [0, 0.1) is 0 Å². The molecule has 1 aromatic heterocycles. The van der Waals surface area contributed by atoms with Crippen LogP contribution in [0.5, 0.6) is 11.5 Å². The van der Waals surface area contributed by atoms with Gasteiger partial charge in [-0.2, -0.15) is 0 Å². The highest BCUT2D eigenvalue weighted by Crippen LogP contribution is 2.32. The number of anilines is 1. The predicted octanol–water partition coefficient (Wildman–Crippen LogP) is 2.66. The number of rotatable bonds is 6. The Bertz CT molecular complexity index is 1310. The summed E-state index contributed by atoms with van der Waals surface area (Å²) in [7, 11) is -3.68. The molecular formula is C22H22N2O6S. The summed E-state index contributed by atoms with van der Waals surface area (Å²) in [4.78, 5) is 27.9. The molecule has 3 aromatic rings. The van der Waals surface area contributed by atoms with Gasteiger partial charge in [0.2, 0.25) is 5.91 Å². The lowest BCUT2D eigenvalue weighted by Gasteiger charge is -2.18. The smallest absolute Gasteiger partial charge is 0.225 e. The topological polar surface area (TPSA) is 115 Å².